The summed E-state index contributed by atoms with van der Waals surface area (Å²) in [7, 11) is 1.57. The van der Waals surface area contributed by atoms with Crippen LogP contribution in [0.15, 0.2) is 36.7 Å². The number of aromatic nitrogens is 2. The van der Waals surface area contributed by atoms with Crippen LogP contribution in [0.1, 0.15) is 15.4 Å². The molecule has 0 radical (unpaired) electrons. The Morgan fingerprint density at radius 1 is 1.32 bits per heavy atom. The highest BCUT2D eigenvalue weighted by Gasteiger charge is 2.12. The van der Waals surface area contributed by atoms with E-state index in [1.54, 1.807) is 25.5 Å². The summed E-state index contributed by atoms with van der Waals surface area (Å²) in [5.41, 5.74) is 1.92. The fourth-order valence-corrected chi connectivity index (χ4v) is 3.07. The third-order valence-corrected chi connectivity index (χ3v) is 4.28. The van der Waals surface area contributed by atoms with Gasteiger partial charge in [-0.15, -0.1) is 11.3 Å². The normalized spacial score (nSPS) is 10.8. The summed E-state index contributed by atoms with van der Waals surface area (Å²) in [5.74, 6) is -0.231. The SMILES string of the molecule is CNC(=O)c1ccc2cncc(-c3ccc(COO)s3)c2n1. The summed E-state index contributed by atoms with van der Waals surface area (Å²) in [6.07, 6.45) is 3.43. The van der Waals surface area contributed by atoms with Gasteiger partial charge in [-0.25, -0.2) is 9.87 Å². The van der Waals surface area contributed by atoms with Crippen LogP contribution in [0.5, 0.6) is 0 Å². The summed E-state index contributed by atoms with van der Waals surface area (Å²) in [6.45, 7) is 0.139. The number of hydrogen-bond acceptors (Lipinski definition) is 6. The third kappa shape index (κ3) is 2.69. The molecule has 0 aliphatic heterocycles. The van der Waals surface area contributed by atoms with Gasteiger partial charge in [0, 0.05) is 40.1 Å². The second-order valence-corrected chi connectivity index (χ2v) is 5.74. The number of nitrogens with one attached hydrogen (secondary N) is 1. The van der Waals surface area contributed by atoms with Gasteiger partial charge >= 0.3 is 0 Å². The molecule has 0 aliphatic carbocycles. The molecule has 0 aliphatic rings. The van der Waals surface area contributed by atoms with Crippen LogP contribution in [0.3, 0.4) is 0 Å². The minimum atomic E-state index is -0.231. The minimum Gasteiger partial charge on any atom is -0.354 e. The Morgan fingerprint density at radius 3 is 2.95 bits per heavy atom. The molecule has 112 valence electrons. The zero-order valence-electron chi connectivity index (χ0n) is 11.7. The predicted octanol–water partition coefficient (Wildman–Crippen LogP) is 2.71. The first kappa shape index (κ1) is 14.6. The summed E-state index contributed by atoms with van der Waals surface area (Å²) >= 11 is 1.48. The zero-order chi connectivity index (χ0) is 15.5. The molecule has 22 heavy (non-hydrogen) atoms. The highest BCUT2D eigenvalue weighted by molar-refractivity contribution is 7.15. The number of carbonyl (C=O) groups is 1. The molecular weight excluding hydrogens is 302 g/mol. The lowest BCUT2D eigenvalue weighted by atomic mass is 10.1. The van der Waals surface area contributed by atoms with E-state index >= 15 is 0 Å². The number of thiophene rings is 1. The van der Waals surface area contributed by atoms with E-state index in [9.17, 15) is 4.79 Å². The molecule has 3 aromatic rings. The highest BCUT2D eigenvalue weighted by Crippen LogP contribution is 2.32. The molecule has 3 heterocycles. The predicted molar refractivity (Wildman–Crippen MR) is 83.7 cm³/mol. The van der Waals surface area contributed by atoms with Crippen LogP contribution >= 0.6 is 11.3 Å². The average Bonchev–Trinajstić information content (AvgIpc) is 3.02. The van der Waals surface area contributed by atoms with Crippen molar-refractivity contribution in [2.45, 2.75) is 6.61 Å². The van der Waals surface area contributed by atoms with Crippen molar-refractivity contribution in [3.63, 3.8) is 0 Å². The lowest BCUT2D eigenvalue weighted by molar-refractivity contribution is -0.252. The summed E-state index contributed by atoms with van der Waals surface area (Å²) in [6, 6.07) is 7.29. The van der Waals surface area contributed by atoms with Crippen LogP contribution in [-0.2, 0) is 11.5 Å². The van der Waals surface area contributed by atoms with Gasteiger partial charge in [-0.05, 0) is 24.3 Å². The molecule has 7 heteroatoms. The van der Waals surface area contributed by atoms with E-state index in [0.717, 1.165) is 26.2 Å². The van der Waals surface area contributed by atoms with Gasteiger partial charge in [-0.2, -0.15) is 0 Å². The molecule has 3 rings (SSSR count). The fraction of sp³-hybridized carbons (Fsp3) is 0.133. The first-order chi connectivity index (χ1) is 10.7. The monoisotopic (exact) mass is 315 g/mol. The van der Waals surface area contributed by atoms with Crippen molar-refractivity contribution in [3.8, 4) is 10.4 Å². The number of rotatable bonds is 4. The molecule has 0 aromatic carbocycles. The smallest absolute Gasteiger partial charge is 0.269 e. The lowest BCUT2D eigenvalue weighted by Gasteiger charge is -2.05. The maximum Gasteiger partial charge on any atom is 0.269 e. The van der Waals surface area contributed by atoms with Crippen molar-refractivity contribution in [2.24, 2.45) is 0 Å². The molecule has 2 N–H and O–H groups in total. The standard InChI is InChI=1S/C15H13N3O3S/c1-16-15(19)12-4-2-9-6-17-7-11(14(9)18-12)13-5-3-10(22-13)8-21-20/h2-7,20H,8H2,1H3,(H,16,19). The summed E-state index contributed by atoms with van der Waals surface area (Å²) in [5, 5.41) is 12.0. The molecule has 0 atom stereocenters. The van der Waals surface area contributed by atoms with Gasteiger partial charge < -0.3 is 5.32 Å². The van der Waals surface area contributed by atoms with Gasteiger partial charge in [0.1, 0.15) is 12.3 Å². The molecule has 0 fully saturated rings. The molecule has 0 bridgehead atoms. The van der Waals surface area contributed by atoms with E-state index in [1.807, 2.05) is 18.2 Å². The number of pyridine rings is 2. The highest BCUT2D eigenvalue weighted by atomic mass is 32.1. The van der Waals surface area contributed by atoms with Crippen LogP contribution in [0.2, 0.25) is 0 Å². The number of amides is 1. The van der Waals surface area contributed by atoms with Gasteiger partial charge in [0.05, 0.1) is 5.52 Å². The molecule has 0 saturated carbocycles. The van der Waals surface area contributed by atoms with Crippen LogP contribution in [0.4, 0.5) is 0 Å². The van der Waals surface area contributed by atoms with Crippen molar-refractivity contribution < 1.29 is 14.9 Å². The topological polar surface area (TPSA) is 84.3 Å². The number of carbonyl (C=O) groups excluding carboxylic acids is 1. The van der Waals surface area contributed by atoms with Gasteiger partial charge in [0.2, 0.25) is 0 Å². The Morgan fingerprint density at radius 2 is 2.18 bits per heavy atom. The Kier molecular flexibility index (Phi) is 4.10. The van der Waals surface area contributed by atoms with Crippen molar-refractivity contribution in [2.75, 3.05) is 7.05 Å². The van der Waals surface area contributed by atoms with E-state index in [2.05, 4.69) is 20.2 Å². The van der Waals surface area contributed by atoms with E-state index in [-0.39, 0.29) is 12.5 Å². The Bertz CT molecular complexity index is 832. The zero-order valence-corrected chi connectivity index (χ0v) is 12.6. The minimum absolute atomic E-state index is 0.139. The van der Waals surface area contributed by atoms with Crippen molar-refractivity contribution in [1.29, 1.82) is 0 Å². The second-order valence-electron chi connectivity index (χ2n) is 4.57. The van der Waals surface area contributed by atoms with E-state index in [0.29, 0.717) is 5.69 Å². The summed E-state index contributed by atoms with van der Waals surface area (Å²) < 4.78 is 0. The van der Waals surface area contributed by atoms with Crippen molar-refractivity contribution in [1.82, 2.24) is 15.3 Å². The largest absolute Gasteiger partial charge is 0.354 e. The van der Waals surface area contributed by atoms with Gasteiger partial charge in [0.25, 0.3) is 5.91 Å². The molecule has 3 aromatic heterocycles. The maximum atomic E-state index is 11.8. The van der Waals surface area contributed by atoms with Crippen molar-refractivity contribution in [3.05, 3.63) is 47.2 Å². The first-order valence-electron chi connectivity index (χ1n) is 6.55. The Balaban J connectivity index is 2.13. The average molecular weight is 315 g/mol. The Hall–Kier alpha value is -2.35. The van der Waals surface area contributed by atoms with Crippen molar-refractivity contribution >= 4 is 28.1 Å². The Labute approximate surface area is 130 Å². The molecule has 0 spiro atoms. The number of nitrogens with zero attached hydrogens (tertiary/aromatic N) is 2. The molecule has 0 unspecified atom stereocenters. The van der Waals surface area contributed by atoms with Crippen LogP contribution in [0.25, 0.3) is 21.3 Å². The maximum absolute atomic E-state index is 11.8. The van der Waals surface area contributed by atoms with Gasteiger partial charge in [-0.1, -0.05) is 0 Å². The van der Waals surface area contributed by atoms with E-state index in [4.69, 9.17) is 5.26 Å². The lowest BCUT2D eigenvalue weighted by Crippen LogP contribution is -2.19. The molecular formula is C15H13N3O3S. The fourth-order valence-electron chi connectivity index (χ4n) is 2.14. The van der Waals surface area contributed by atoms with E-state index in [1.165, 1.54) is 11.3 Å². The van der Waals surface area contributed by atoms with Crippen LogP contribution < -0.4 is 5.32 Å². The van der Waals surface area contributed by atoms with Crippen LogP contribution in [-0.4, -0.2) is 28.2 Å². The van der Waals surface area contributed by atoms with Gasteiger partial charge in [-0.3, -0.25) is 15.0 Å². The quantitative estimate of drug-likeness (QED) is 0.571. The summed E-state index contributed by atoms with van der Waals surface area (Å²) in [4.78, 5) is 26.4. The van der Waals surface area contributed by atoms with Gasteiger partial charge in [0.15, 0.2) is 0 Å². The first-order valence-corrected chi connectivity index (χ1v) is 7.37. The van der Waals surface area contributed by atoms with Crippen LogP contribution in [0, 0.1) is 0 Å². The number of fused-ring (bicyclic) bond motifs is 1. The number of hydrogen-bond donors (Lipinski definition) is 2. The third-order valence-electron chi connectivity index (χ3n) is 3.19. The molecule has 6 nitrogen and oxygen atoms in total. The van der Waals surface area contributed by atoms with E-state index < -0.39 is 0 Å². The molecule has 0 saturated heterocycles. The molecule has 1 amide bonds. The second kappa shape index (κ2) is 6.18.